The SMILES string of the molecule is COC(=O)[C@@H](Cc1ccccc1C#N)NC(=O)c1ccc(F)c(F)c1. The highest BCUT2D eigenvalue weighted by molar-refractivity contribution is 5.96. The van der Waals surface area contributed by atoms with Crippen molar-refractivity contribution in [1.29, 1.82) is 5.26 Å². The Morgan fingerprint density at radius 3 is 2.56 bits per heavy atom. The number of carbonyl (C=O) groups is 2. The third-order valence-electron chi connectivity index (χ3n) is 3.53. The Bertz CT molecular complexity index is 846. The molecule has 0 aliphatic heterocycles. The number of hydrogen-bond donors (Lipinski definition) is 1. The maximum Gasteiger partial charge on any atom is 0.328 e. The predicted molar refractivity (Wildman–Crippen MR) is 84.5 cm³/mol. The van der Waals surface area contributed by atoms with Crippen LogP contribution in [0, 0.1) is 23.0 Å². The highest BCUT2D eigenvalue weighted by Crippen LogP contribution is 2.13. The molecule has 0 aromatic heterocycles. The Morgan fingerprint density at radius 2 is 1.92 bits per heavy atom. The standard InChI is InChI=1S/C18H14F2N2O3/c1-25-18(24)16(9-11-4-2-3-5-13(11)10-21)22-17(23)12-6-7-14(19)15(20)8-12/h2-8,16H,9H2,1H3,(H,22,23)/t16-/m1/s1. The quantitative estimate of drug-likeness (QED) is 0.845. The summed E-state index contributed by atoms with van der Waals surface area (Å²) >= 11 is 0. The Morgan fingerprint density at radius 1 is 1.20 bits per heavy atom. The summed E-state index contributed by atoms with van der Waals surface area (Å²) in [6, 6.07) is 10.2. The predicted octanol–water partition coefficient (Wildman–Crippen LogP) is 2.35. The van der Waals surface area contributed by atoms with Crippen molar-refractivity contribution in [3.05, 3.63) is 70.8 Å². The Kier molecular flexibility index (Phi) is 5.79. The fourth-order valence-corrected chi connectivity index (χ4v) is 2.24. The first-order valence-corrected chi connectivity index (χ1v) is 7.28. The number of nitriles is 1. The van der Waals surface area contributed by atoms with Crippen molar-refractivity contribution in [2.24, 2.45) is 0 Å². The van der Waals surface area contributed by atoms with Gasteiger partial charge in [-0.1, -0.05) is 18.2 Å². The summed E-state index contributed by atoms with van der Waals surface area (Å²) in [4.78, 5) is 24.2. The van der Waals surface area contributed by atoms with Gasteiger partial charge in [-0.05, 0) is 29.8 Å². The fraction of sp³-hybridized carbons (Fsp3) is 0.167. The van der Waals surface area contributed by atoms with Crippen LogP contribution in [0.25, 0.3) is 0 Å². The molecule has 7 heteroatoms. The summed E-state index contributed by atoms with van der Waals surface area (Å²) in [6.45, 7) is 0. The van der Waals surface area contributed by atoms with Gasteiger partial charge in [0.1, 0.15) is 6.04 Å². The maximum atomic E-state index is 13.3. The first-order valence-electron chi connectivity index (χ1n) is 7.28. The van der Waals surface area contributed by atoms with Gasteiger partial charge >= 0.3 is 5.97 Å². The van der Waals surface area contributed by atoms with Crippen molar-refractivity contribution in [3.63, 3.8) is 0 Å². The monoisotopic (exact) mass is 344 g/mol. The van der Waals surface area contributed by atoms with Crippen molar-refractivity contribution in [2.45, 2.75) is 12.5 Å². The van der Waals surface area contributed by atoms with Crippen LogP contribution in [0.15, 0.2) is 42.5 Å². The number of esters is 1. The highest BCUT2D eigenvalue weighted by atomic mass is 19.2. The van der Waals surface area contributed by atoms with E-state index in [4.69, 9.17) is 5.26 Å². The van der Waals surface area contributed by atoms with Crippen molar-refractivity contribution in [2.75, 3.05) is 7.11 Å². The highest BCUT2D eigenvalue weighted by Gasteiger charge is 2.24. The molecule has 0 fully saturated rings. The van der Waals surface area contributed by atoms with Gasteiger partial charge < -0.3 is 10.1 Å². The van der Waals surface area contributed by atoms with E-state index >= 15 is 0 Å². The third kappa shape index (κ3) is 4.38. The van der Waals surface area contributed by atoms with E-state index in [9.17, 15) is 18.4 Å². The van der Waals surface area contributed by atoms with Crippen LogP contribution >= 0.6 is 0 Å². The molecule has 2 rings (SSSR count). The number of methoxy groups -OCH3 is 1. The molecule has 1 N–H and O–H groups in total. The van der Waals surface area contributed by atoms with E-state index in [1.54, 1.807) is 24.3 Å². The molecule has 5 nitrogen and oxygen atoms in total. The van der Waals surface area contributed by atoms with Gasteiger partial charge in [0.2, 0.25) is 0 Å². The summed E-state index contributed by atoms with van der Waals surface area (Å²) in [5.41, 5.74) is 0.769. The lowest BCUT2D eigenvalue weighted by molar-refractivity contribution is -0.142. The van der Waals surface area contributed by atoms with Crippen LogP contribution in [0.3, 0.4) is 0 Å². The third-order valence-corrected chi connectivity index (χ3v) is 3.53. The van der Waals surface area contributed by atoms with Crippen LogP contribution in [0.1, 0.15) is 21.5 Å². The average molecular weight is 344 g/mol. The summed E-state index contributed by atoms with van der Waals surface area (Å²) in [6.07, 6.45) is 0.0197. The first kappa shape index (κ1) is 18.1. The number of rotatable bonds is 5. The smallest absolute Gasteiger partial charge is 0.328 e. The average Bonchev–Trinajstić information content (AvgIpc) is 2.63. The zero-order valence-electron chi connectivity index (χ0n) is 13.3. The molecule has 0 radical (unpaired) electrons. The van der Waals surface area contributed by atoms with E-state index < -0.39 is 29.6 Å². The Labute approximate surface area is 142 Å². The minimum absolute atomic E-state index is 0.0197. The minimum Gasteiger partial charge on any atom is -0.467 e. The van der Waals surface area contributed by atoms with Crippen molar-refractivity contribution in [3.8, 4) is 6.07 Å². The van der Waals surface area contributed by atoms with Gasteiger partial charge in [0.15, 0.2) is 11.6 Å². The second-order valence-electron chi connectivity index (χ2n) is 5.15. The van der Waals surface area contributed by atoms with Gasteiger partial charge in [0, 0.05) is 12.0 Å². The molecule has 1 atom stereocenters. The van der Waals surface area contributed by atoms with Gasteiger partial charge in [-0.15, -0.1) is 0 Å². The lowest BCUT2D eigenvalue weighted by atomic mass is 10.0. The van der Waals surface area contributed by atoms with E-state index in [0.717, 1.165) is 25.3 Å². The molecule has 1 amide bonds. The molecule has 0 unspecified atom stereocenters. The summed E-state index contributed by atoms with van der Waals surface area (Å²) in [5, 5.41) is 11.5. The second kappa shape index (κ2) is 8.02. The molecule has 128 valence electrons. The first-order chi connectivity index (χ1) is 12.0. The van der Waals surface area contributed by atoms with Crippen LogP contribution < -0.4 is 5.32 Å². The molecule has 0 saturated heterocycles. The molecule has 0 aliphatic rings. The summed E-state index contributed by atoms with van der Waals surface area (Å²) in [5.74, 6) is -3.73. The largest absolute Gasteiger partial charge is 0.467 e. The molecule has 0 spiro atoms. The van der Waals surface area contributed by atoms with Gasteiger partial charge in [-0.25, -0.2) is 13.6 Å². The number of amides is 1. The minimum atomic E-state index is -1.17. The van der Waals surface area contributed by atoms with Crippen LogP contribution in [-0.4, -0.2) is 25.0 Å². The molecule has 0 bridgehead atoms. The van der Waals surface area contributed by atoms with Crippen molar-refractivity contribution in [1.82, 2.24) is 5.32 Å². The van der Waals surface area contributed by atoms with Crippen molar-refractivity contribution < 1.29 is 23.1 Å². The normalized spacial score (nSPS) is 11.3. The Balaban J connectivity index is 2.23. The van der Waals surface area contributed by atoms with E-state index in [1.807, 2.05) is 6.07 Å². The number of hydrogen-bond acceptors (Lipinski definition) is 4. The zero-order valence-corrected chi connectivity index (χ0v) is 13.3. The topological polar surface area (TPSA) is 79.2 Å². The maximum absolute atomic E-state index is 13.3. The van der Waals surface area contributed by atoms with E-state index in [0.29, 0.717) is 11.1 Å². The second-order valence-corrected chi connectivity index (χ2v) is 5.15. The van der Waals surface area contributed by atoms with Crippen LogP contribution in [0.4, 0.5) is 8.78 Å². The molecule has 2 aromatic carbocycles. The van der Waals surface area contributed by atoms with Crippen molar-refractivity contribution >= 4 is 11.9 Å². The van der Waals surface area contributed by atoms with Gasteiger partial charge in [-0.3, -0.25) is 4.79 Å². The van der Waals surface area contributed by atoms with Gasteiger partial charge in [0.05, 0.1) is 18.7 Å². The number of benzene rings is 2. The van der Waals surface area contributed by atoms with E-state index in [2.05, 4.69) is 10.1 Å². The lowest BCUT2D eigenvalue weighted by Crippen LogP contribution is -2.43. The fourth-order valence-electron chi connectivity index (χ4n) is 2.24. The van der Waals surface area contributed by atoms with Gasteiger partial charge in [-0.2, -0.15) is 5.26 Å². The molecular formula is C18H14F2N2O3. The lowest BCUT2D eigenvalue weighted by Gasteiger charge is -2.17. The molecule has 0 aliphatic carbocycles. The molecule has 0 heterocycles. The summed E-state index contributed by atoms with van der Waals surface area (Å²) in [7, 11) is 1.16. The molecule has 0 saturated carbocycles. The number of nitrogens with zero attached hydrogens (tertiary/aromatic N) is 1. The molecule has 2 aromatic rings. The molecule has 25 heavy (non-hydrogen) atoms. The van der Waals surface area contributed by atoms with E-state index in [-0.39, 0.29) is 12.0 Å². The van der Waals surface area contributed by atoms with E-state index in [1.165, 1.54) is 0 Å². The van der Waals surface area contributed by atoms with Crippen LogP contribution in [0.5, 0.6) is 0 Å². The number of carbonyl (C=O) groups excluding carboxylic acids is 2. The number of ether oxygens (including phenoxy) is 1. The Hall–Kier alpha value is -3.27. The number of nitrogens with one attached hydrogen (secondary N) is 1. The van der Waals surface area contributed by atoms with Gasteiger partial charge in [0.25, 0.3) is 5.91 Å². The number of halogens is 2. The summed E-state index contributed by atoms with van der Waals surface area (Å²) < 4.78 is 30.9. The zero-order chi connectivity index (χ0) is 18.4. The van der Waals surface area contributed by atoms with Crippen LogP contribution in [0.2, 0.25) is 0 Å². The van der Waals surface area contributed by atoms with Crippen LogP contribution in [-0.2, 0) is 16.0 Å². The molecular weight excluding hydrogens is 330 g/mol.